The van der Waals surface area contributed by atoms with Crippen LogP contribution in [0.3, 0.4) is 0 Å². The zero-order chi connectivity index (χ0) is 16.1. The quantitative estimate of drug-likeness (QED) is 0.607. The summed E-state index contributed by atoms with van der Waals surface area (Å²) < 4.78 is 1.96. The van der Waals surface area contributed by atoms with Gasteiger partial charge in [0.2, 0.25) is 4.77 Å². The maximum atomic E-state index is 12.2. The van der Waals surface area contributed by atoms with Gasteiger partial charge in [0.25, 0.3) is 5.56 Å². The second kappa shape index (κ2) is 7.23. The van der Waals surface area contributed by atoms with E-state index in [0.29, 0.717) is 0 Å². The Balaban J connectivity index is 2.32. The number of nitrogens with one attached hydrogen (secondary N) is 1. The summed E-state index contributed by atoms with van der Waals surface area (Å²) in [4.78, 5) is 22.8. The number of carboxylic acids is 1. The van der Waals surface area contributed by atoms with Gasteiger partial charge in [-0.2, -0.15) is 14.9 Å². The molecule has 0 aliphatic carbocycles. The van der Waals surface area contributed by atoms with Crippen LogP contribution < -0.4 is 5.56 Å². The number of aromatic amines is 1. The molecule has 0 unspecified atom stereocenters. The Morgan fingerprint density at radius 3 is 2.77 bits per heavy atom. The number of aliphatic carboxylic acids is 1. The van der Waals surface area contributed by atoms with Gasteiger partial charge in [-0.25, -0.2) is 0 Å². The third kappa shape index (κ3) is 4.18. The summed E-state index contributed by atoms with van der Waals surface area (Å²) in [6, 6.07) is 7.32. The van der Waals surface area contributed by atoms with Gasteiger partial charge in [0, 0.05) is 10.9 Å². The molecule has 22 heavy (non-hydrogen) atoms. The lowest BCUT2D eigenvalue weighted by Gasteiger charge is -2.01. The molecule has 0 fully saturated rings. The summed E-state index contributed by atoms with van der Waals surface area (Å²) in [6.45, 7) is 0. The molecule has 2 N–H and O–H groups in total. The minimum Gasteiger partial charge on any atom is -0.481 e. The summed E-state index contributed by atoms with van der Waals surface area (Å²) in [7, 11) is 0. The first-order valence-corrected chi connectivity index (χ1v) is 7.40. The fourth-order valence-corrected chi connectivity index (χ4v) is 2.03. The van der Waals surface area contributed by atoms with E-state index in [4.69, 9.17) is 17.3 Å². The minimum absolute atomic E-state index is 0.00802. The number of H-pyrrole nitrogens is 1. The van der Waals surface area contributed by atoms with Gasteiger partial charge in [-0.05, 0) is 29.9 Å². The lowest BCUT2D eigenvalue weighted by molar-refractivity contribution is -0.136. The van der Waals surface area contributed by atoms with Crippen molar-refractivity contribution in [2.75, 3.05) is 0 Å². The van der Waals surface area contributed by atoms with Crippen LogP contribution in [0.25, 0.3) is 0 Å². The van der Waals surface area contributed by atoms with E-state index in [1.165, 1.54) is 6.21 Å². The van der Waals surface area contributed by atoms with E-state index in [1.54, 1.807) is 0 Å². The molecular formula is C13H11BrN4O3S. The third-order valence-corrected chi connectivity index (χ3v) is 3.48. The van der Waals surface area contributed by atoms with Crippen LogP contribution in [0.4, 0.5) is 0 Å². The second-order valence-electron chi connectivity index (χ2n) is 4.28. The lowest BCUT2D eigenvalue weighted by Crippen LogP contribution is -2.25. The number of halogens is 1. The van der Waals surface area contributed by atoms with Crippen molar-refractivity contribution in [3.05, 3.63) is 55.1 Å². The SMILES string of the molecule is O=C(O)CCc1n[nH]c(=S)n(/N=C\c2ccc(Br)cc2)c1=O. The predicted molar refractivity (Wildman–Crippen MR) is 86.8 cm³/mol. The van der Waals surface area contributed by atoms with Gasteiger partial charge >= 0.3 is 5.97 Å². The Morgan fingerprint density at radius 2 is 2.14 bits per heavy atom. The third-order valence-electron chi connectivity index (χ3n) is 2.69. The molecule has 0 bridgehead atoms. The highest BCUT2D eigenvalue weighted by atomic mass is 79.9. The van der Waals surface area contributed by atoms with Gasteiger partial charge in [0.05, 0.1) is 12.6 Å². The highest BCUT2D eigenvalue weighted by Crippen LogP contribution is 2.09. The van der Waals surface area contributed by atoms with Crippen molar-refractivity contribution in [2.45, 2.75) is 12.8 Å². The van der Waals surface area contributed by atoms with E-state index in [-0.39, 0.29) is 23.3 Å². The largest absolute Gasteiger partial charge is 0.481 e. The van der Waals surface area contributed by atoms with E-state index in [0.717, 1.165) is 14.7 Å². The Kier molecular flexibility index (Phi) is 5.34. The first-order valence-electron chi connectivity index (χ1n) is 6.19. The van der Waals surface area contributed by atoms with Gasteiger partial charge in [0.15, 0.2) is 0 Å². The van der Waals surface area contributed by atoms with Crippen LogP contribution in [-0.2, 0) is 11.2 Å². The zero-order valence-electron chi connectivity index (χ0n) is 11.2. The van der Waals surface area contributed by atoms with Crippen LogP contribution in [0.1, 0.15) is 17.7 Å². The number of benzene rings is 1. The van der Waals surface area contributed by atoms with E-state index < -0.39 is 11.5 Å². The predicted octanol–water partition coefficient (Wildman–Crippen LogP) is 1.96. The fourth-order valence-electron chi connectivity index (χ4n) is 1.59. The van der Waals surface area contributed by atoms with E-state index >= 15 is 0 Å². The number of carbonyl (C=O) groups is 1. The molecule has 0 atom stereocenters. The molecule has 0 aliphatic heterocycles. The van der Waals surface area contributed by atoms with Gasteiger partial charge < -0.3 is 5.11 Å². The molecule has 0 saturated heterocycles. The molecule has 0 radical (unpaired) electrons. The topological polar surface area (TPSA) is 100 Å². The average Bonchev–Trinajstić information content (AvgIpc) is 2.48. The van der Waals surface area contributed by atoms with E-state index in [1.807, 2.05) is 24.3 Å². The van der Waals surface area contributed by atoms with E-state index in [2.05, 4.69) is 31.2 Å². The summed E-state index contributed by atoms with van der Waals surface area (Å²) >= 11 is 8.30. The maximum Gasteiger partial charge on any atom is 0.303 e. The number of hydrogen-bond acceptors (Lipinski definition) is 5. The van der Waals surface area contributed by atoms with Crippen LogP contribution in [-0.4, -0.2) is 32.2 Å². The average molecular weight is 383 g/mol. The molecule has 114 valence electrons. The molecule has 0 aliphatic rings. The van der Waals surface area contributed by atoms with Gasteiger partial charge in [0.1, 0.15) is 5.69 Å². The number of rotatable bonds is 5. The first kappa shape index (κ1) is 16.2. The molecule has 1 heterocycles. The molecule has 7 nitrogen and oxygen atoms in total. The Bertz CT molecular complexity index is 826. The standard InChI is InChI=1S/C13H11BrN4O3S/c14-9-3-1-8(2-4-9)7-15-18-12(21)10(5-6-11(19)20)16-17-13(18)22/h1-4,7H,5-6H2,(H,17,22)(H,19,20)/b15-7-. The molecule has 2 aromatic rings. The zero-order valence-corrected chi connectivity index (χ0v) is 13.6. The van der Waals surface area contributed by atoms with Crippen LogP contribution >= 0.6 is 28.1 Å². The molecule has 2 rings (SSSR count). The van der Waals surface area contributed by atoms with Crippen LogP contribution in [0.5, 0.6) is 0 Å². The summed E-state index contributed by atoms with van der Waals surface area (Å²) in [5.41, 5.74) is 0.329. The smallest absolute Gasteiger partial charge is 0.303 e. The molecule has 1 aromatic heterocycles. The monoisotopic (exact) mass is 382 g/mol. The van der Waals surface area contributed by atoms with Gasteiger partial charge in [-0.3, -0.25) is 14.7 Å². The Hall–Kier alpha value is -2.13. The molecule has 9 heteroatoms. The normalized spacial score (nSPS) is 11.0. The molecule has 0 spiro atoms. The molecule has 1 aromatic carbocycles. The van der Waals surface area contributed by atoms with Gasteiger partial charge in [-0.15, -0.1) is 0 Å². The highest BCUT2D eigenvalue weighted by Gasteiger charge is 2.08. The van der Waals surface area contributed by atoms with Crippen molar-refractivity contribution in [3.8, 4) is 0 Å². The molecule has 0 amide bonds. The summed E-state index contributed by atoms with van der Waals surface area (Å²) in [5, 5.41) is 19.0. The highest BCUT2D eigenvalue weighted by molar-refractivity contribution is 9.10. The lowest BCUT2D eigenvalue weighted by atomic mass is 10.2. The van der Waals surface area contributed by atoms with Crippen LogP contribution in [0, 0.1) is 4.77 Å². The van der Waals surface area contributed by atoms with E-state index in [9.17, 15) is 9.59 Å². The second-order valence-corrected chi connectivity index (χ2v) is 5.58. The number of carboxylic acid groups (broad SMARTS) is 1. The fraction of sp³-hybridized carbons (Fsp3) is 0.154. The summed E-state index contributed by atoms with van der Waals surface area (Å²) in [6.07, 6.45) is 1.30. The van der Waals surface area contributed by atoms with Crippen molar-refractivity contribution in [1.29, 1.82) is 0 Å². The number of hydrogen-bond donors (Lipinski definition) is 2. The number of aromatic nitrogens is 3. The Morgan fingerprint density at radius 1 is 1.45 bits per heavy atom. The minimum atomic E-state index is -1.01. The van der Waals surface area contributed by atoms with Crippen molar-refractivity contribution >= 4 is 40.3 Å². The van der Waals surface area contributed by atoms with Gasteiger partial charge in [-0.1, -0.05) is 28.1 Å². The summed E-state index contributed by atoms with van der Waals surface area (Å²) in [5.74, 6) is -1.01. The maximum absolute atomic E-state index is 12.2. The molecule has 0 saturated carbocycles. The van der Waals surface area contributed by atoms with Crippen LogP contribution in [0.15, 0.2) is 38.6 Å². The first-order chi connectivity index (χ1) is 10.5. The number of nitrogens with zero attached hydrogens (tertiary/aromatic N) is 3. The molecular weight excluding hydrogens is 372 g/mol. The van der Waals surface area contributed by atoms with Crippen molar-refractivity contribution in [3.63, 3.8) is 0 Å². The Labute approximate surface area is 138 Å². The number of aryl methyl sites for hydroxylation is 1. The van der Waals surface area contributed by atoms with Crippen LogP contribution in [0.2, 0.25) is 0 Å². The van der Waals surface area contributed by atoms with Crippen molar-refractivity contribution in [1.82, 2.24) is 14.9 Å². The van der Waals surface area contributed by atoms with Crippen molar-refractivity contribution < 1.29 is 9.90 Å². The van der Waals surface area contributed by atoms with Crippen molar-refractivity contribution in [2.24, 2.45) is 5.10 Å².